The van der Waals surface area contributed by atoms with Gasteiger partial charge in [-0.25, -0.2) is 0 Å². The summed E-state index contributed by atoms with van der Waals surface area (Å²) >= 11 is 0. The van der Waals surface area contributed by atoms with Crippen LogP contribution in [0.25, 0.3) is 0 Å². The smallest absolute Gasteiger partial charge is 0.0447 e. The fourth-order valence-electron chi connectivity index (χ4n) is 2.33. The van der Waals surface area contributed by atoms with Crippen LogP contribution in [-0.4, -0.2) is 4.98 Å². The van der Waals surface area contributed by atoms with Crippen LogP contribution in [0.5, 0.6) is 0 Å². The number of nitrogens with zero attached hydrogens (tertiary/aromatic N) is 1. The van der Waals surface area contributed by atoms with Gasteiger partial charge in [0.2, 0.25) is 0 Å². The van der Waals surface area contributed by atoms with Crippen LogP contribution < -0.4 is 0 Å². The monoisotopic (exact) mass is 238 g/mol. The van der Waals surface area contributed by atoms with E-state index in [-0.39, 0.29) is 0 Å². The average molecular weight is 238 g/mol. The molecule has 1 aromatic carbocycles. The maximum Gasteiger partial charge on any atom is 0.0447 e. The molecule has 0 aliphatic carbocycles. The van der Waals surface area contributed by atoms with Crippen molar-refractivity contribution in [1.82, 2.24) is 4.98 Å². The van der Waals surface area contributed by atoms with Crippen molar-refractivity contribution >= 4 is 0 Å². The van der Waals surface area contributed by atoms with Crippen molar-refractivity contribution in [3.63, 3.8) is 0 Å². The van der Waals surface area contributed by atoms with Crippen LogP contribution >= 0.6 is 0 Å². The van der Waals surface area contributed by atoms with Gasteiger partial charge >= 0.3 is 0 Å². The van der Waals surface area contributed by atoms with E-state index in [1.807, 2.05) is 12.1 Å². The van der Waals surface area contributed by atoms with E-state index >= 15 is 0 Å². The zero-order chi connectivity index (χ0) is 12.8. The third-order valence-electron chi connectivity index (χ3n) is 3.50. The van der Waals surface area contributed by atoms with Crippen LogP contribution in [0.15, 0.2) is 42.6 Å². The van der Waals surface area contributed by atoms with Crippen molar-refractivity contribution in [2.45, 2.75) is 39.0 Å². The Morgan fingerprint density at radius 1 is 1.06 bits per heavy atom. The van der Waals surface area contributed by atoms with E-state index in [4.69, 9.17) is 0 Å². The molecule has 0 amide bonds. The van der Waals surface area contributed by atoms with E-state index in [1.54, 1.807) is 6.20 Å². The molecule has 1 heterocycles. The molecule has 0 spiro atoms. The van der Waals surface area contributed by atoms with Gasteiger partial charge in [0.05, 0.1) is 0 Å². The number of hydrogen-bond donors (Lipinski definition) is 0. The molecular formula is C17H20N. The van der Waals surface area contributed by atoms with Crippen molar-refractivity contribution in [1.29, 1.82) is 0 Å². The largest absolute Gasteiger partial charge is 0.260 e. The van der Waals surface area contributed by atoms with Crippen LogP contribution in [0, 0.1) is 6.07 Å². The number of benzene rings is 1. The van der Waals surface area contributed by atoms with E-state index in [0.717, 1.165) is 12.1 Å². The quantitative estimate of drug-likeness (QED) is 0.753. The predicted molar refractivity (Wildman–Crippen MR) is 75.6 cm³/mol. The molecule has 0 aliphatic heterocycles. The maximum atomic E-state index is 4.31. The first-order chi connectivity index (χ1) is 8.83. The van der Waals surface area contributed by atoms with E-state index < -0.39 is 0 Å². The fourth-order valence-corrected chi connectivity index (χ4v) is 2.33. The van der Waals surface area contributed by atoms with Crippen LogP contribution in [-0.2, 0) is 6.42 Å². The number of pyridine rings is 1. The molecule has 2 rings (SSSR count). The van der Waals surface area contributed by atoms with Crippen LogP contribution in [0.4, 0.5) is 0 Å². The van der Waals surface area contributed by atoms with Crippen LogP contribution in [0.2, 0.25) is 0 Å². The highest BCUT2D eigenvalue weighted by molar-refractivity contribution is 5.28. The lowest BCUT2D eigenvalue weighted by Crippen LogP contribution is -1.96. The molecule has 93 valence electrons. The van der Waals surface area contributed by atoms with E-state index in [1.165, 1.54) is 24.0 Å². The van der Waals surface area contributed by atoms with Gasteiger partial charge in [0.15, 0.2) is 0 Å². The third kappa shape index (κ3) is 3.19. The van der Waals surface area contributed by atoms with Crippen LogP contribution in [0.1, 0.15) is 49.4 Å². The minimum absolute atomic E-state index is 0.698. The van der Waals surface area contributed by atoms with Crippen LogP contribution in [0.3, 0.4) is 0 Å². The van der Waals surface area contributed by atoms with Gasteiger partial charge in [-0.1, -0.05) is 44.2 Å². The second-order valence-electron chi connectivity index (χ2n) is 4.68. The summed E-state index contributed by atoms with van der Waals surface area (Å²) in [5, 5.41) is 0. The number of hydrogen-bond acceptors (Lipinski definition) is 1. The lowest BCUT2D eigenvalue weighted by molar-refractivity contribution is 0.641. The Labute approximate surface area is 110 Å². The number of aromatic nitrogens is 1. The first kappa shape index (κ1) is 12.8. The van der Waals surface area contributed by atoms with E-state index in [9.17, 15) is 0 Å². The second-order valence-corrected chi connectivity index (χ2v) is 4.68. The van der Waals surface area contributed by atoms with Crippen molar-refractivity contribution in [2.24, 2.45) is 0 Å². The summed E-state index contributed by atoms with van der Waals surface area (Å²) in [5.41, 5.74) is 3.88. The summed E-state index contributed by atoms with van der Waals surface area (Å²) in [7, 11) is 0. The molecule has 18 heavy (non-hydrogen) atoms. The molecule has 0 saturated carbocycles. The predicted octanol–water partition coefficient (Wildman–Crippen LogP) is 4.38. The highest BCUT2D eigenvalue weighted by Crippen LogP contribution is 2.23. The van der Waals surface area contributed by atoms with Gasteiger partial charge in [-0.2, -0.15) is 0 Å². The van der Waals surface area contributed by atoms with Gasteiger partial charge in [-0.05, 0) is 36.0 Å². The molecule has 0 bridgehead atoms. The van der Waals surface area contributed by atoms with Gasteiger partial charge in [-0.3, -0.25) is 4.98 Å². The second kappa shape index (κ2) is 6.34. The molecule has 0 aliphatic rings. The Hall–Kier alpha value is -1.63. The molecular weight excluding hydrogens is 218 g/mol. The molecule has 1 aromatic heterocycles. The minimum atomic E-state index is 0.698. The average Bonchev–Trinajstić information content (AvgIpc) is 2.43. The molecule has 1 heteroatoms. The fraction of sp³-hybridized carbons (Fsp3) is 0.353. The lowest BCUT2D eigenvalue weighted by atomic mass is 9.93. The molecule has 0 atom stereocenters. The molecule has 0 unspecified atom stereocenters. The summed E-state index contributed by atoms with van der Waals surface area (Å²) < 4.78 is 0. The van der Waals surface area contributed by atoms with E-state index in [0.29, 0.717) is 5.92 Å². The van der Waals surface area contributed by atoms with Gasteiger partial charge in [0.25, 0.3) is 0 Å². The zero-order valence-corrected chi connectivity index (χ0v) is 11.2. The molecule has 0 N–H and O–H groups in total. The molecule has 2 aromatic rings. The highest BCUT2D eigenvalue weighted by Gasteiger charge is 2.06. The molecule has 0 fully saturated rings. The van der Waals surface area contributed by atoms with Crippen molar-refractivity contribution in [3.05, 3.63) is 65.5 Å². The van der Waals surface area contributed by atoms with E-state index in [2.05, 4.69) is 49.2 Å². The Bertz CT molecular complexity index is 455. The first-order valence-electron chi connectivity index (χ1n) is 6.73. The Balaban J connectivity index is 2.08. The minimum Gasteiger partial charge on any atom is -0.260 e. The van der Waals surface area contributed by atoms with Crippen molar-refractivity contribution in [3.8, 4) is 0 Å². The van der Waals surface area contributed by atoms with Crippen molar-refractivity contribution in [2.75, 3.05) is 0 Å². The highest BCUT2D eigenvalue weighted by atomic mass is 14.7. The summed E-state index contributed by atoms with van der Waals surface area (Å²) in [6.07, 6.45) is 5.06. The Morgan fingerprint density at radius 2 is 1.78 bits per heavy atom. The Kier molecular flexibility index (Phi) is 4.52. The maximum absolute atomic E-state index is 4.31. The normalized spacial score (nSPS) is 10.8. The molecule has 1 radical (unpaired) electrons. The van der Waals surface area contributed by atoms with Gasteiger partial charge in [0, 0.05) is 24.4 Å². The SMILES string of the molecule is CCC(CC)c1ccc(Cc2cc[c]cn2)cc1. The zero-order valence-electron chi connectivity index (χ0n) is 11.2. The lowest BCUT2D eigenvalue weighted by Gasteiger charge is -2.13. The Morgan fingerprint density at radius 3 is 2.33 bits per heavy atom. The number of rotatable bonds is 5. The standard InChI is InChI=1S/C17H20N/c1-3-15(4-2)16-10-8-14(9-11-16)13-17-7-5-6-12-18-17/h5,7-12,15H,3-4,13H2,1-2H3. The summed E-state index contributed by atoms with van der Waals surface area (Å²) in [6, 6.07) is 15.9. The third-order valence-corrected chi connectivity index (χ3v) is 3.50. The summed E-state index contributed by atoms with van der Waals surface area (Å²) in [4.78, 5) is 4.31. The van der Waals surface area contributed by atoms with Crippen molar-refractivity contribution < 1.29 is 0 Å². The van der Waals surface area contributed by atoms with Gasteiger partial charge in [0.1, 0.15) is 0 Å². The van der Waals surface area contributed by atoms with Gasteiger partial charge in [-0.15, -0.1) is 0 Å². The summed E-state index contributed by atoms with van der Waals surface area (Å²) in [5.74, 6) is 0.698. The summed E-state index contributed by atoms with van der Waals surface area (Å²) in [6.45, 7) is 4.51. The van der Waals surface area contributed by atoms with Gasteiger partial charge < -0.3 is 0 Å². The topological polar surface area (TPSA) is 12.9 Å². The first-order valence-corrected chi connectivity index (χ1v) is 6.73. The molecule has 1 nitrogen and oxygen atoms in total. The molecule has 0 saturated heterocycles.